The van der Waals surface area contributed by atoms with Crippen LogP contribution in [0.2, 0.25) is 0 Å². The van der Waals surface area contributed by atoms with Crippen LogP contribution in [0.3, 0.4) is 0 Å². The van der Waals surface area contributed by atoms with E-state index in [-0.39, 0.29) is 11.6 Å². The molecule has 20 heavy (non-hydrogen) atoms. The fourth-order valence-corrected chi connectivity index (χ4v) is 3.33. The van der Waals surface area contributed by atoms with Gasteiger partial charge in [-0.2, -0.15) is 0 Å². The maximum absolute atomic E-state index is 4.13. The molecule has 0 spiro atoms. The molecule has 2 heterocycles. The van der Waals surface area contributed by atoms with E-state index in [0.717, 1.165) is 19.4 Å². The summed E-state index contributed by atoms with van der Waals surface area (Å²) >= 11 is 0. The second-order valence-electron chi connectivity index (χ2n) is 6.07. The number of aromatic nitrogens is 3. The van der Waals surface area contributed by atoms with Gasteiger partial charge in [-0.15, -0.1) is 5.10 Å². The average Bonchev–Trinajstić information content (AvgIpc) is 3.11. The van der Waals surface area contributed by atoms with Gasteiger partial charge in [0, 0.05) is 12.6 Å². The lowest BCUT2D eigenvalue weighted by Gasteiger charge is -2.44. The molecule has 2 atom stereocenters. The van der Waals surface area contributed by atoms with E-state index < -0.39 is 0 Å². The quantitative estimate of drug-likeness (QED) is 0.830. The molecule has 1 aromatic heterocycles. The van der Waals surface area contributed by atoms with Crippen molar-refractivity contribution >= 4 is 0 Å². The van der Waals surface area contributed by atoms with Crippen LogP contribution in [-0.2, 0) is 7.05 Å². The Hall–Kier alpha value is -0.940. The third-order valence-electron chi connectivity index (χ3n) is 4.81. The van der Waals surface area contributed by atoms with Crippen molar-refractivity contribution < 1.29 is 0 Å². The van der Waals surface area contributed by atoms with Gasteiger partial charge in [-0.25, -0.2) is 0 Å². The molecule has 0 amide bonds. The first-order valence-corrected chi connectivity index (χ1v) is 7.96. The average molecular weight is 279 g/mol. The molecule has 2 unspecified atom stereocenters. The third-order valence-corrected chi connectivity index (χ3v) is 4.81. The monoisotopic (exact) mass is 279 g/mol. The van der Waals surface area contributed by atoms with Crippen molar-refractivity contribution in [3.63, 3.8) is 0 Å². The van der Waals surface area contributed by atoms with Crippen LogP contribution in [0.25, 0.3) is 0 Å². The zero-order chi connectivity index (χ0) is 14.6. The molecule has 1 aliphatic heterocycles. The lowest BCUT2D eigenvalue weighted by Crippen LogP contribution is -2.54. The molecule has 0 saturated carbocycles. The van der Waals surface area contributed by atoms with E-state index in [1.165, 1.54) is 31.6 Å². The van der Waals surface area contributed by atoms with Gasteiger partial charge in [0.2, 0.25) is 0 Å². The first-order chi connectivity index (χ1) is 9.63. The van der Waals surface area contributed by atoms with Crippen molar-refractivity contribution in [2.45, 2.75) is 58.0 Å². The summed E-state index contributed by atoms with van der Waals surface area (Å²) in [6.45, 7) is 10.3. The van der Waals surface area contributed by atoms with Gasteiger partial charge < -0.3 is 5.32 Å². The molecule has 0 aliphatic carbocycles. The summed E-state index contributed by atoms with van der Waals surface area (Å²) in [5, 5.41) is 11.9. The molecule has 1 aromatic rings. The largest absolute Gasteiger partial charge is 0.307 e. The summed E-state index contributed by atoms with van der Waals surface area (Å²) in [5.74, 6) is 0. The topological polar surface area (TPSA) is 46.0 Å². The second-order valence-corrected chi connectivity index (χ2v) is 6.07. The molecule has 0 radical (unpaired) electrons. The number of rotatable bonds is 7. The Morgan fingerprint density at radius 1 is 1.35 bits per heavy atom. The highest BCUT2D eigenvalue weighted by atomic mass is 15.4. The Morgan fingerprint density at radius 3 is 2.55 bits per heavy atom. The van der Waals surface area contributed by atoms with Gasteiger partial charge >= 0.3 is 0 Å². The molecule has 114 valence electrons. The van der Waals surface area contributed by atoms with E-state index in [9.17, 15) is 0 Å². The molecule has 0 aromatic carbocycles. The van der Waals surface area contributed by atoms with Crippen LogP contribution in [0.5, 0.6) is 0 Å². The highest BCUT2D eigenvalue weighted by Crippen LogP contribution is 2.36. The van der Waals surface area contributed by atoms with Gasteiger partial charge in [0.1, 0.15) is 0 Å². The maximum Gasteiger partial charge on any atom is 0.0772 e. The van der Waals surface area contributed by atoms with E-state index in [1.807, 2.05) is 17.9 Å². The van der Waals surface area contributed by atoms with Gasteiger partial charge in [0.15, 0.2) is 0 Å². The highest BCUT2D eigenvalue weighted by molar-refractivity contribution is 5.12. The van der Waals surface area contributed by atoms with Gasteiger partial charge in [-0.05, 0) is 52.2 Å². The molecule has 1 N–H and O–H groups in total. The SMILES string of the molecule is CCCNC(c1cnnn1C)C(C)(CC)N1CCCC1. The Labute approximate surface area is 122 Å². The molecular weight excluding hydrogens is 250 g/mol. The lowest BCUT2D eigenvalue weighted by molar-refractivity contribution is 0.0806. The summed E-state index contributed by atoms with van der Waals surface area (Å²) in [6, 6.07) is 0.283. The van der Waals surface area contributed by atoms with Gasteiger partial charge in [0.25, 0.3) is 0 Å². The van der Waals surface area contributed by atoms with Crippen LogP contribution in [0.15, 0.2) is 6.20 Å². The Kier molecular flexibility index (Phi) is 5.16. The zero-order valence-corrected chi connectivity index (χ0v) is 13.4. The smallest absolute Gasteiger partial charge is 0.0772 e. The molecule has 2 rings (SSSR count). The van der Waals surface area contributed by atoms with Crippen molar-refractivity contribution in [3.8, 4) is 0 Å². The summed E-state index contributed by atoms with van der Waals surface area (Å²) < 4.78 is 1.91. The van der Waals surface area contributed by atoms with Gasteiger partial charge in [-0.3, -0.25) is 9.58 Å². The van der Waals surface area contributed by atoms with Crippen molar-refractivity contribution in [3.05, 3.63) is 11.9 Å². The summed E-state index contributed by atoms with van der Waals surface area (Å²) in [6.07, 6.45) is 6.82. The van der Waals surface area contributed by atoms with Crippen LogP contribution in [0.1, 0.15) is 58.2 Å². The molecule has 5 nitrogen and oxygen atoms in total. The second kappa shape index (κ2) is 6.68. The van der Waals surface area contributed by atoms with Crippen LogP contribution < -0.4 is 5.32 Å². The van der Waals surface area contributed by atoms with Crippen LogP contribution in [-0.4, -0.2) is 45.1 Å². The number of aryl methyl sites for hydroxylation is 1. The predicted octanol–water partition coefficient (Wildman–Crippen LogP) is 2.12. The van der Waals surface area contributed by atoms with E-state index in [4.69, 9.17) is 0 Å². The molecule has 5 heteroatoms. The molecular formula is C15H29N5. The number of hydrogen-bond acceptors (Lipinski definition) is 4. The summed E-state index contributed by atoms with van der Waals surface area (Å²) in [7, 11) is 1.99. The summed E-state index contributed by atoms with van der Waals surface area (Å²) in [5.41, 5.74) is 1.32. The van der Waals surface area contributed by atoms with E-state index in [0.29, 0.717) is 0 Å². The van der Waals surface area contributed by atoms with Crippen molar-refractivity contribution in [2.24, 2.45) is 7.05 Å². The maximum atomic E-state index is 4.13. The normalized spacial score (nSPS) is 21.0. The fraction of sp³-hybridized carbons (Fsp3) is 0.867. The number of likely N-dealkylation sites (tertiary alicyclic amines) is 1. The highest BCUT2D eigenvalue weighted by Gasteiger charge is 2.41. The molecule has 1 fully saturated rings. The van der Waals surface area contributed by atoms with Crippen LogP contribution >= 0.6 is 0 Å². The van der Waals surface area contributed by atoms with Crippen LogP contribution in [0.4, 0.5) is 0 Å². The van der Waals surface area contributed by atoms with Crippen molar-refractivity contribution in [1.29, 1.82) is 0 Å². The number of hydrogen-bond donors (Lipinski definition) is 1. The number of nitrogens with one attached hydrogen (secondary N) is 1. The lowest BCUT2D eigenvalue weighted by atomic mass is 9.85. The predicted molar refractivity (Wildman–Crippen MR) is 81.5 cm³/mol. The fourth-order valence-electron chi connectivity index (χ4n) is 3.33. The number of nitrogens with zero attached hydrogens (tertiary/aromatic N) is 4. The zero-order valence-electron chi connectivity index (χ0n) is 13.4. The van der Waals surface area contributed by atoms with E-state index in [2.05, 4.69) is 41.3 Å². The minimum Gasteiger partial charge on any atom is -0.307 e. The standard InChI is InChI=1S/C15H29N5/c1-5-9-16-14(13-12-17-18-19(13)4)15(3,6-2)20-10-7-8-11-20/h12,14,16H,5-11H2,1-4H3. The van der Waals surface area contributed by atoms with E-state index in [1.54, 1.807) is 0 Å². The van der Waals surface area contributed by atoms with Gasteiger partial charge in [0.05, 0.1) is 17.9 Å². The molecule has 1 aliphatic rings. The summed E-state index contributed by atoms with van der Waals surface area (Å²) in [4.78, 5) is 2.65. The first kappa shape index (κ1) is 15.4. The van der Waals surface area contributed by atoms with Gasteiger partial charge in [-0.1, -0.05) is 19.1 Å². The minimum atomic E-state index is 0.126. The Bertz CT molecular complexity index is 410. The van der Waals surface area contributed by atoms with Crippen LogP contribution in [0, 0.1) is 0 Å². The Morgan fingerprint density at radius 2 is 2.05 bits per heavy atom. The van der Waals surface area contributed by atoms with E-state index >= 15 is 0 Å². The first-order valence-electron chi connectivity index (χ1n) is 7.96. The third kappa shape index (κ3) is 2.88. The Balaban J connectivity index is 2.30. The van der Waals surface area contributed by atoms with Crippen molar-refractivity contribution in [1.82, 2.24) is 25.2 Å². The van der Waals surface area contributed by atoms with Crippen molar-refractivity contribution in [2.75, 3.05) is 19.6 Å². The molecule has 0 bridgehead atoms. The minimum absolute atomic E-state index is 0.126. The molecule has 1 saturated heterocycles.